The van der Waals surface area contributed by atoms with Gasteiger partial charge >= 0.3 is 0 Å². The van der Waals surface area contributed by atoms with Crippen LogP contribution in [0.5, 0.6) is 5.75 Å². The molecule has 3 N–H and O–H groups in total. The SMILES string of the molecule is Cc1cc(OCC(F)F)ccc1/C(N)=N/O. The van der Waals surface area contributed by atoms with Crippen molar-refractivity contribution < 1.29 is 18.7 Å². The second kappa shape index (κ2) is 5.29. The summed E-state index contributed by atoms with van der Waals surface area (Å²) in [5.74, 6) is 0.296. The van der Waals surface area contributed by atoms with Gasteiger partial charge in [-0.3, -0.25) is 0 Å². The van der Waals surface area contributed by atoms with Crippen molar-refractivity contribution in [2.45, 2.75) is 13.3 Å². The van der Waals surface area contributed by atoms with E-state index in [0.29, 0.717) is 16.9 Å². The van der Waals surface area contributed by atoms with E-state index >= 15 is 0 Å². The number of nitrogens with zero attached hydrogens (tertiary/aromatic N) is 1. The van der Waals surface area contributed by atoms with Crippen molar-refractivity contribution in [3.8, 4) is 5.75 Å². The van der Waals surface area contributed by atoms with E-state index in [9.17, 15) is 8.78 Å². The molecule has 1 rings (SSSR count). The fourth-order valence-electron chi connectivity index (χ4n) is 1.23. The topological polar surface area (TPSA) is 67.8 Å². The summed E-state index contributed by atoms with van der Waals surface area (Å²) in [5, 5.41) is 11.3. The van der Waals surface area contributed by atoms with Gasteiger partial charge < -0.3 is 15.7 Å². The Bertz CT molecular complexity index is 394. The van der Waals surface area contributed by atoms with E-state index in [1.54, 1.807) is 19.1 Å². The quantitative estimate of drug-likeness (QED) is 0.358. The molecule has 0 heterocycles. The second-order valence-corrected chi connectivity index (χ2v) is 3.16. The van der Waals surface area contributed by atoms with Crippen molar-refractivity contribution in [1.82, 2.24) is 0 Å². The Kier molecular flexibility index (Phi) is 4.04. The lowest BCUT2D eigenvalue weighted by Crippen LogP contribution is -2.15. The molecule has 0 aliphatic heterocycles. The van der Waals surface area contributed by atoms with E-state index in [-0.39, 0.29) is 5.84 Å². The summed E-state index contributed by atoms with van der Waals surface area (Å²) >= 11 is 0. The van der Waals surface area contributed by atoms with Gasteiger partial charge in [0.05, 0.1) is 0 Å². The normalized spacial score (nSPS) is 11.9. The average molecular weight is 230 g/mol. The van der Waals surface area contributed by atoms with Crippen molar-refractivity contribution in [1.29, 1.82) is 0 Å². The van der Waals surface area contributed by atoms with E-state index in [1.807, 2.05) is 0 Å². The van der Waals surface area contributed by atoms with Crippen LogP contribution in [0.4, 0.5) is 8.78 Å². The van der Waals surface area contributed by atoms with Crippen molar-refractivity contribution in [3.05, 3.63) is 29.3 Å². The van der Waals surface area contributed by atoms with Gasteiger partial charge in [-0.2, -0.15) is 0 Å². The van der Waals surface area contributed by atoms with E-state index < -0.39 is 13.0 Å². The highest BCUT2D eigenvalue weighted by Gasteiger charge is 2.07. The smallest absolute Gasteiger partial charge is 0.272 e. The number of oxime groups is 1. The van der Waals surface area contributed by atoms with Crippen LogP contribution in [0.25, 0.3) is 0 Å². The predicted molar refractivity (Wildman–Crippen MR) is 55.2 cm³/mol. The van der Waals surface area contributed by atoms with Gasteiger partial charge in [0.25, 0.3) is 6.43 Å². The summed E-state index contributed by atoms with van der Waals surface area (Å²) in [6.07, 6.45) is -2.51. The highest BCUT2D eigenvalue weighted by Crippen LogP contribution is 2.17. The number of hydrogen-bond acceptors (Lipinski definition) is 3. The van der Waals surface area contributed by atoms with Crippen LogP contribution >= 0.6 is 0 Å². The zero-order valence-electron chi connectivity index (χ0n) is 8.65. The predicted octanol–water partition coefficient (Wildman–Crippen LogP) is 1.73. The molecule has 0 saturated heterocycles. The largest absolute Gasteiger partial charge is 0.488 e. The lowest BCUT2D eigenvalue weighted by molar-refractivity contribution is 0.0819. The van der Waals surface area contributed by atoms with Crippen LogP contribution in [0.2, 0.25) is 0 Å². The van der Waals surface area contributed by atoms with Crippen LogP contribution in [-0.2, 0) is 0 Å². The van der Waals surface area contributed by atoms with Gasteiger partial charge in [-0.1, -0.05) is 5.16 Å². The molecular formula is C10H12F2N2O2. The number of rotatable bonds is 4. The minimum absolute atomic E-state index is 0.0297. The molecule has 0 spiro atoms. The molecule has 0 aromatic heterocycles. The molecular weight excluding hydrogens is 218 g/mol. The highest BCUT2D eigenvalue weighted by molar-refractivity contribution is 5.98. The maximum Gasteiger partial charge on any atom is 0.272 e. The molecule has 0 fully saturated rings. The summed E-state index contributed by atoms with van der Waals surface area (Å²) in [5.41, 5.74) is 6.62. The fourth-order valence-corrected chi connectivity index (χ4v) is 1.23. The Morgan fingerprint density at radius 3 is 2.75 bits per heavy atom. The number of hydrogen-bond donors (Lipinski definition) is 2. The lowest BCUT2D eigenvalue weighted by Gasteiger charge is -2.08. The van der Waals surface area contributed by atoms with Gasteiger partial charge in [0.15, 0.2) is 5.84 Å². The number of benzene rings is 1. The van der Waals surface area contributed by atoms with Gasteiger partial charge in [0.1, 0.15) is 12.4 Å². The van der Waals surface area contributed by atoms with Gasteiger partial charge in [-0.25, -0.2) is 8.78 Å². The van der Waals surface area contributed by atoms with E-state index in [1.165, 1.54) is 6.07 Å². The molecule has 0 atom stereocenters. The fraction of sp³-hybridized carbons (Fsp3) is 0.300. The number of alkyl halides is 2. The van der Waals surface area contributed by atoms with Crippen LogP contribution < -0.4 is 10.5 Å². The van der Waals surface area contributed by atoms with Crippen molar-refractivity contribution in [3.63, 3.8) is 0 Å². The molecule has 0 bridgehead atoms. The zero-order valence-corrected chi connectivity index (χ0v) is 8.65. The van der Waals surface area contributed by atoms with Gasteiger partial charge in [-0.05, 0) is 30.7 Å². The van der Waals surface area contributed by atoms with E-state index in [2.05, 4.69) is 5.16 Å². The summed E-state index contributed by atoms with van der Waals surface area (Å²) in [4.78, 5) is 0. The Morgan fingerprint density at radius 1 is 1.56 bits per heavy atom. The van der Waals surface area contributed by atoms with E-state index in [4.69, 9.17) is 15.7 Å². The van der Waals surface area contributed by atoms with Crippen LogP contribution in [0.3, 0.4) is 0 Å². The monoisotopic (exact) mass is 230 g/mol. The standard InChI is InChI=1S/C10H12F2N2O2/c1-6-4-7(16-5-9(11)12)2-3-8(6)10(13)14-15/h2-4,9,15H,5H2,1H3,(H2,13,14). The van der Waals surface area contributed by atoms with Crippen LogP contribution in [0.1, 0.15) is 11.1 Å². The third-order valence-electron chi connectivity index (χ3n) is 1.96. The van der Waals surface area contributed by atoms with Crippen molar-refractivity contribution >= 4 is 5.84 Å². The molecule has 0 aliphatic carbocycles. The van der Waals surface area contributed by atoms with Crippen molar-refractivity contribution in [2.75, 3.05) is 6.61 Å². The van der Waals surface area contributed by atoms with Crippen LogP contribution in [0.15, 0.2) is 23.4 Å². The first-order valence-electron chi connectivity index (χ1n) is 4.54. The summed E-state index contributed by atoms with van der Waals surface area (Å²) in [7, 11) is 0. The van der Waals surface area contributed by atoms with Gasteiger partial charge in [0, 0.05) is 5.56 Å². The molecule has 88 valence electrons. The Morgan fingerprint density at radius 2 is 2.25 bits per heavy atom. The Labute approximate surface area is 91.3 Å². The first-order chi connectivity index (χ1) is 7.54. The molecule has 0 aliphatic rings. The zero-order chi connectivity index (χ0) is 12.1. The molecule has 1 aromatic rings. The van der Waals surface area contributed by atoms with Crippen molar-refractivity contribution in [2.24, 2.45) is 10.9 Å². The Balaban J connectivity index is 2.83. The summed E-state index contributed by atoms with van der Waals surface area (Å²) in [6, 6.07) is 4.59. The molecule has 0 amide bonds. The lowest BCUT2D eigenvalue weighted by atomic mass is 10.1. The molecule has 0 saturated carbocycles. The molecule has 16 heavy (non-hydrogen) atoms. The molecule has 1 aromatic carbocycles. The van der Waals surface area contributed by atoms with Gasteiger partial charge in [-0.15, -0.1) is 0 Å². The summed E-state index contributed by atoms with van der Waals surface area (Å²) in [6.45, 7) is 1.06. The number of nitrogens with two attached hydrogens (primary N) is 1. The molecule has 0 radical (unpaired) electrons. The maximum atomic E-state index is 11.9. The highest BCUT2D eigenvalue weighted by atomic mass is 19.3. The third-order valence-corrected chi connectivity index (χ3v) is 1.96. The molecule has 0 unspecified atom stereocenters. The number of halogens is 2. The number of ether oxygens (including phenoxy) is 1. The average Bonchev–Trinajstić information content (AvgIpc) is 2.25. The number of amidine groups is 1. The summed E-state index contributed by atoms with van der Waals surface area (Å²) < 4.78 is 28.6. The minimum Gasteiger partial charge on any atom is -0.488 e. The van der Waals surface area contributed by atoms with Gasteiger partial charge in [0.2, 0.25) is 0 Å². The maximum absolute atomic E-state index is 11.9. The van der Waals surface area contributed by atoms with Crippen LogP contribution in [-0.4, -0.2) is 24.1 Å². The van der Waals surface area contributed by atoms with Crippen LogP contribution in [0, 0.1) is 6.92 Å². The first-order valence-corrected chi connectivity index (χ1v) is 4.54. The molecule has 4 nitrogen and oxygen atoms in total. The number of aryl methyl sites for hydroxylation is 1. The molecule has 6 heteroatoms. The second-order valence-electron chi connectivity index (χ2n) is 3.16. The Hall–Kier alpha value is -1.85. The first kappa shape index (κ1) is 12.2. The minimum atomic E-state index is -2.51. The third kappa shape index (κ3) is 3.08. The van der Waals surface area contributed by atoms with E-state index in [0.717, 1.165) is 0 Å².